The van der Waals surface area contributed by atoms with E-state index in [-0.39, 0.29) is 24.9 Å². The number of rotatable bonds is 46. The highest BCUT2D eigenvalue weighted by atomic mass is 16.5. The summed E-state index contributed by atoms with van der Waals surface area (Å²) in [5.74, 6) is -0.545. The average molecular weight is 878 g/mol. The van der Waals surface area contributed by atoms with Crippen molar-refractivity contribution >= 4 is 11.9 Å². The van der Waals surface area contributed by atoms with Crippen LogP contribution in [0.3, 0.4) is 0 Å². The van der Waals surface area contributed by atoms with Crippen LogP contribution in [0, 0.1) is 0 Å². The highest BCUT2D eigenvalue weighted by Gasteiger charge is 2.24. The zero-order valence-corrected chi connectivity index (χ0v) is 41.2. The Labute approximate surface area is 389 Å². The molecule has 0 fully saturated rings. The summed E-state index contributed by atoms with van der Waals surface area (Å²) >= 11 is 0. The first-order chi connectivity index (χ1) is 31.0. The largest absolute Gasteiger partial charge is 0.462 e. The van der Waals surface area contributed by atoms with Gasteiger partial charge < -0.3 is 20.3 Å². The summed E-state index contributed by atoms with van der Waals surface area (Å²) in [5.41, 5.74) is 0. The molecule has 0 aromatic heterocycles. The second kappa shape index (κ2) is 50.0. The van der Waals surface area contributed by atoms with Gasteiger partial charge in [0, 0.05) is 6.42 Å². The molecule has 0 saturated carbocycles. The first-order valence-electron chi connectivity index (χ1n) is 26.4. The zero-order valence-electron chi connectivity index (χ0n) is 41.2. The Morgan fingerprint density at radius 1 is 0.492 bits per heavy atom. The molecule has 3 N–H and O–H groups in total. The predicted octanol–water partition coefficient (Wildman–Crippen LogP) is 16.0. The van der Waals surface area contributed by atoms with Crippen LogP contribution >= 0.6 is 0 Å². The van der Waals surface area contributed by atoms with Crippen LogP contribution in [0.15, 0.2) is 85.1 Å². The summed E-state index contributed by atoms with van der Waals surface area (Å²) in [6.45, 7) is 6.22. The summed E-state index contributed by atoms with van der Waals surface area (Å²) < 4.78 is 5.90. The predicted molar refractivity (Wildman–Crippen MR) is 273 cm³/mol. The van der Waals surface area contributed by atoms with E-state index in [4.69, 9.17) is 4.74 Å². The normalized spacial score (nSPS) is 13.9. The van der Waals surface area contributed by atoms with Crippen LogP contribution in [0.1, 0.15) is 239 Å². The molecule has 0 rings (SSSR count). The number of ether oxygens (including phenoxy) is 1. The molecule has 0 aromatic carbocycles. The molecule has 3 unspecified atom stereocenters. The molecule has 362 valence electrons. The molecule has 0 spiro atoms. The van der Waals surface area contributed by atoms with Crippen LogP contribution in [0.5, 0.6) is 0 Å². The monoisotopic (exact) mass is 878 g/mol. The van der Waals surface area contributed by atoms with E-state index >= 15 is 0 Å². The third-order valence-corrected chi connectivity index (χ3v) is 11.6. The molecular formula is C57H99NO5. The third kappa shape index (κ3) is 45.4. The van der Waals surface area contributed by atoms with Gasteiger partial charge in [-0.2, -0.15) is 0 Å². The highest BCUT2D eigenvalue weighted by Crippen LogP contribution is 2.18. The zero-order chi connectivity index (χ0) is 45.9. The van der Waals surface area contributed by atoms with Gasteiger partial charge in [-0.3, -0.25) is 9.59 Å². The molecule has 6 heteroatoms. The SMILES string of the molecule is CC/C=C/C=C/C=C\C=C/CCCCCC(=O)OC(CCCCCC/C=C/C/C=C/C/C=C/CC)CC(=O)NC(CO)C(O)CCCCCCCCCCCCCCCCCCC. The van der Waals surface area contributed by atoms with Crippen molar-refractivity contribution in [3.05, 3.63) is 85.1 Å². The number of hydrogen-bond donors (Lipinski definition) is 3. The molecule has 63 heavy (non-hydrogen) atoms. The number of unbranched alkanes of at least 4 members (excludes halogenated alkanes) is 23. The number of nitrogens with one attached hydrogen (secondary N) is 1. The van der Waals surface area contributed by atoms with E-state index in [1.54, 1.807) is 0 Å². The fraction of sp³-hybridized carbons (Fsp3) is 0.719. The minimum Gasteiger partial charge on any atom is -0.462 e. The summed E-state index contributed by atoms with van der Waals surface area (Å²) in [6.07, 6.45) is 65.0. The second-order valence-corrected chi connectivity index (χ2v) is 17.6. The van der Waals surface area contributed by atoms with Gasteiger partial charge in [0.2, 0.25) is 5.91 Å². The first kappa shape index (κ1) is 60.0. The minimum absolute atomic E-state index is 0.0426. The maximum atomic E-state index is 13.2. The van der Waals surface area contributed by atoms with Crippen molar-refractivity contribution in [2.45, 2.75) is 257 Å². The van der Waals surface area contributed by atoms with Crippen molar-refractivity contribution < 1.29 is 24.5 Å². The standard InChI is InChI=1S/C57H99NO5/c1-4-7-10-13-16-19-22-25-27-28-29-32-34-37-40-43-46-49-55(60)54(52-59)58-56(61)51-53(48-45-42-39-36-33-31-26-23-20-17-14-11-8-5-2)63-57(62)50-47-44-41-38-35-30-24-21-18-15-12-9-6-3/h8-9,11-12,15,17-18,20-21,24,26,30-31,35,53-55,59-60H,4-7,10,13-14,16,19,22-23,25,27-29,32-34,36-52H2,1-3H3,(H,58,61)/b11-8+,12-9+,18-15+,20-17+,24-21-,31-26+,35-30-. The van der Waals surface area contributed by atoms with Gasteiger partial charge in [0.15, 0.2) is 0 Å². The van der Waals surface area contributed by atoms with E-state index in [9.17, 15) is 19.8 Å². The van der Waals surface area contributed by atoms with E-state index in [0.717, 1.165) is 103 Å². The summed E-state index contributed by atoms with van der Waals surface area (Å²) in [7, 11) is 0. The molecule has 0 aliphatic heterocycles. The summed E-state index contributed by atoms with van der Waals surface area (Å²) in [5, 5.41) is 23.8. The molecule has 0 aliphatic rings. The second-order valence-electron chi connectivity index (χ2n) is 17.6. The fourth-order valence-electron chi connectivity index (χ4n) is 7.63. The number of hydrogen-bond acceptors (Lipinski definition) is 5. The lowest BCUT2D eigenvalue weighted by Crippen LogP contribution is -2.46. The third-order valence-electron chi connectivity index (χ3n) is 11.6. The van der Waals surface area contributed by atoms with Crippen LogP contribution in [-0.4, -0.2) is 46.9 Å². The lowest BCUT2D eigenvalue weighted by atomic mass is 10.0. The molecule has 6 nitrogen and oxygen atoms in total. The highest BCUT2D eigenvalue weighted by molar-refractivity contribution is 5.77. The number of esters is 1. The van der Waals surface area contributed by atoms with Crippen LogP contribution in [0.2, 0.25) is 0 Å². The molecular weight excluding hydrogens is 779 g/mol. The maximum absolute atomic E-state index is 13.2. The van der Waals surface area contributed by atoms with Gasteiger partial charge in [0.1, 0.15) is 6.10 Å². The topological polar surface area (TPSA) is 95.9 Å². The Bertz CT molecular complexity index is 1210. The van der Waals surface area contributed by atoms with Gasteiger partial charge in [0.05, 0.1) is 25.2 Å². The molecule has 0 aliphatic carbocycles. The number of amides is 1. The van der Waals surface area contributed by atoms with Gasteiger partial charge in [-0.25, -0.2) is 0 Å². The average Bonchev–Trinajstić information content (AvgIpc) is 3.28. The van der Waals surface area contributed by atoms with Crippen molar-refractivity contribution in [3.63, 3.8) is 0 Å². The van der Waals surface area contributed by atoms with Crippen LogP contribution < -0.4 is 5.32 Å². The number of allylic oxidation sites excluding steroid dienone is 14. The van der Waals surface area contributed by atoms with Crippen molar-refractivity contribution in [2.24, 2.45) is 0 Å². The summed E-state index contributed by atoms with van der Waals surface area (Å²) in [4.78, 5) is 26.1. The van der Waals surface area contributed by atoms with Crippen LogP contribution in [0.4, 0.5) is 0 Å². The Hall–Kier alpha value is -2.96. The number of carbonyl (C=O) groups is 2. The van der Waals surface area contributed by atoms with Gasteiger partial charge >= 0.3 is 5.97 Å². The summed E-state index contributed by atoms with van der Waals surface area (Å²) in [6, 6.07) is -0.722. The van der Waals surface area contributed by atoms with Crippen molar-refractivity contribution in [3.8, 4) is 0 Å². The molecule has 3 atom stereocenters. The number of aliphatic hydroxyl groups is 2. The molecule has 0 bridgehead atoms. The Morgan fingerprint density at radius 3 is 1.49 bits per heavy atom. The van der Waals surface area contributed by atoms with Crippen molar-refractivity contribution in [1.82, 2.24) is 5.32 Å². The number of carbonyl (C=O) groups excluding carboxylic acids is 2. The van der Waals surface area contributed by atoms with Crippen LogP contribution in [0.25, 0.3) is 0 Å². The minimum atomic E-state index is -0.806. The molecule has 1 amide bonds. The Morgan fingerprint density at radius 2 is 0.937 bits per heavy atom. The van der Waals surface area contributed by atoms with E-state index < -0.39 is 18.2 Å². The lowest BCUT2D eigenvalue weighted by Gasteiger charge is -2.24. The van der Waals surface area contributed by atoms with Gasteiger partial charge in [0.25, 0.3) is 0 Å². The fourth-order valence-corrected chi connectivity index (χ4v) is 7.63. The van der Waals surface area contributed by atoms with Gasteiger partial charge in [-0.15, -0.1) is 0 Å². The van der Waals surface area contributed by atoms with E-state index in [0.29, 0.717) is 19.3 Å². The van der Waals surface area contributed by atoms with Crippen molar-refractivity contribution in [2.75, 3.05) is 6.61 Å². The Kier molecular flexibility index (Phi) is 47.7. The van der Waals surface area contributed by atoms with Crippen LogP contribution in [-0.2, 0) is 14.3 Å². The lowest BCUT2D eigenvalue weighted by molar-refractivity contribution is -0.151. The molecule has 0 radical (unpaired) electrons. The van der Waals surface area contributed by atoms with Gasteiger partial charge in [-0.1, -0.05) is 234 Å². The smallest absolute Gasteiger partial charge is 0.306 e. The van der Waals surface area contributed by atoms with E-state index in [1.165, 1.54) is 89.9 Å². The molecule has 0 saturated heterocycles. The molecule has 0 aromatic rings. The number of aliphatic hydroxyl groups excluding tert-OH is 2. The van der Waals surface area contributed by atoms with Crippen molar-refractivity contribution in [1.29, 1.82) is 0 Å². The molecule has 0 heterocycles. The maximum Gasteiger partial charge on any atom is 0.306 e. The quantitative estimate of drug-likeness (QED) is 0.0245. The van der Waals surface area contributed by atoms with E-state index in [1.807, 2.05) is 30.4 Å². The first-order valence-corrected chi connectivity index (χ1v) is 26.4. The van der Waals surface area contributed by atoms with Gasteiger partial charge in [-0.05, 0) is 77.0 Å². The van der Waals surface area contributed by atoms with E-state index in [2.05, 4.69) is 80.8 Å². The Balaban J connectivity index is 4.62.